The maximum absolute atomic E-state index is 8.99. The van der Waals surface area contributed by atoms with Gasteiger partial charge in [0.05, 0.1) is 6.61 Å². The monoisotopic (exact) mass is 357 g/mol. The lowest BCUT2D eigenvalue weighted by molar-refractivity contribution is 0.311. The van der Waals surface area contributed by atoms with E-state index in [0.29, 0.717) is 6.54 Å². The Morgan fingerprint density at radius 3 is 1.96 bits per heavy atom. The van der Waals surface area contributed by atoms with E-state index in [1.165, 1.54) is 27.8 Å². The minimum absolute atomic E-state index is 0.133. The Bertz CT molecular complexity index is 852. The molecule has 0 aliphatic carbocycles. The summed E-state index contributed by atoms with van der Waals surface area (Å²) in [6, 6.07) is 29.8. The molecule has 2 nitrogen and oxygen atoms in total. The normalized spacial score (nSPS) is 11.8. The van der Waals surface area contributed by atoms with Crippen molar-refractivity contribution < 1.29 is 5.11 Å². The molecule has 0 unspecified atom stereocenters. The number of hydrogen-bond acceptors (Lipinski definition) is 2. The molecule has 0 aliphatic rings. The average Bonchev–Trinajstić information content (AvgIpc) is 2.74. The molecule has 3 rings (SSSR count). The molecule has 2 N–H and O–H groups in total. The van der Waals surface area contributed by atoms with Gasteiger partial charge in [0.1, 0.15) is 0 Å². The standard InChI is InChI=1S/C25H27NO/c1-2-21(19-20-9-5-3-6-10-20)25(22-11-7-4-8-12-22)23-13-15-24(16-14-23)26-17-18-27/h3-16,26-27H,2,17-19H2,1H3/b25-21-. The van der Waals surface area contributed by atoms with E-state index in [0.717, 1.165) is 18.5 Å². The SMILES string of the molecule is CC/C(Cc1ccccc1)=C(\c1ccccc1)c1ccc(NCCO)cc1. The van der Waals surface area contributed by atoms with E-state index in [-0.39, 0.29) is 6.61 Å². The van der Waals surface area contributed by atoms with Crippen LogP contribution in [0.1, 0.15) is 30.0 Å². The van der Waals surface area contributed by atoms with Gasteiger partial charge < -0.3 is 10.4 Å². The van der Waals surface area contributed by atoms with Gasteiger partial charge in [-0.15, -0.1) is 0 Å². The topological polar surface area (TPSA) is 32.3 Å². The molecular formula is C25H27NO. The van der Waals surface area contributed by atoms with E-state index in [2.05, 4.69) is 97.2 Å². The molecule has 27 heavy (non-hydrogen) atoms. The van der Waals surface area contributed by atoms with Crippen LogP contribution >= 0.6 is 0 Å². The Hall–Kier alpha value is -2.84. The molecule has 138 valence electrons. The molecule has 0 heterocycles. The number of hydrogen-bond donors (Lipinski definition) is 2. The minimum Gasteiger partial charge on any atom is -0.395 e. The smallest absolute Gasteiger partial charge is 0.0604 e. The number of nitrogens with one attached hydrogen (secondary N) is 1. The fraction of sp³-hybridized carbons (Fsp3) is 0.200. The van der Waals surface area contributed by atoms with Gasteiger partial charge in [-0.05, 0) is 47.2 Å². The van der Waals surface area contributed by atoms with Crippen molar-refractivity contribution in [3.63, 3.8) is 0 Å². The molecule has 3 aromatic carbocycles. The number of allylic oxidation sites excluding steroid dienone is 1. The highest BCUT2D eigenvalue weighted by molar-refractivity contribution is 5.83. The number of anilines is 1. The first kappa shape index (κ1) is 18.9. The van der Waals surface area contributed by atoms with Gasteiger partial charge in [-0.1, -0.05) is 85.3 Å². The molecule has 2 heteroatoms. The average molecular weight is 357 g/mol. The summed E-state index contributed by atoms with van der Waals surface area (Å²) in [4.78, 5) is 0. The van der Waals surface area contributed by atoms with Crippen LogP contribution in [0.3, 0.4) is 0 Å². The summed E-state index contributed by atoms with van der Waals surface area (Å²) in [5.74, 6) is 0. The Labute approximate surface area is 162 Å². The van der Waals surface area contributed by atoms with E-state index in [9.17, 15) is 0 Å². The quantitative estimate of drug-likeness (QED) is 0.554. The summed E-state index contributed by atoms with van der Waals surface area (Å²) in [6.45, 7) is 2.93. The molecular weight excluding hydrogens is 330 g/mol. The van der Waals surface area contributed by atoms with Crippen LogP contribution in [0.4, 0.5) is 5.69 Å². The fourth-order valence-corrected chi connectivity index (χ4v) is 3.37. The fourth-order valence-electron chi connectivity index (χ4n) is 3.37. The van der Waals surface area contributed by atoms with E-state index in [1.54, 1.807) is 0 Å². The first-order valence-electron chi connectivity index (χ1n) is 9.58. The van der Waals surface area contributed by atoms with Crippen LogP contribution < -0.4 is 5.32 Å². The van der Waals surface area contributed by atoms with Crippen LogP contribution in [0.5, 0.6) is 0 Å². The van der Waals surface area contributed by atoms with Crippen molar-refractivity contribution in [2.75, 3.05) is 18.5 Å². The molecule has 0 fully saturated rings. The van der Waals surface area contributed by atoms with Crippen LogP contribution in [0.15, 0.2) is 90.5 Å². The van der Waals surface area contributed by atoms with Crippen molar-refractivity contribution in [3.05, 3.63) is 107 Å². The summed E-state index contributed by atoms with van der Waals surface area (Å²) in [6.07, 6.45) is 1.95. The van der Waals surface area contributed by atoms with Gasteiger partial charge in [0.2, 0.25) is 0 Å². The molecule has 0 aromatic heterocycles. The first-order chi connectivity index (χ1) is 13.3. The number of benzene rings is 3. The molecule has 3 aromatic rings. The lowest BCUT2D eigenvalue weighted by atomic mass is 9.88. The van der Waals surface area contributed by atoms with Crippen molar-refractivity contribution in [2.24, 2.45) is 0 Å². The van der Waals surface area contributed by atoms with Crippen LogP contribution in [-0.2, 0) is 6.42 Å². The van der Waals surface area contributed by atoms with Crippen molar-refractivity contribution >= 4 is 11.3 Å². The van der Waals surface area contributed by atoms with Crippen LogP contribution in [0.25, 0.3) is 5.57 Å². The van der Waals surface area contributed by atoms with Crippen LogP contribution in [0.2, 0.25) is 0 Å². The summed E-state index contributed by atoms with van der Waals surface area (Å²) in [5.41, 5.74) is 7.59. The van der Waals surface area contributed by atoms with Crippen molar-refractivity contribution in [2.45, 2.75) is 19.8 Å². The van der Waals surface area contributed by atoms with Gasteiger partial charge >= 0.3 is 0 Å². The van der Waals surface area contributed by atoms with E-state index >= 15 is 0 Å². The second-order valence-electron chi connectivity index (χ2n) is 6.59. The zero-order valence-corrected chi connectivity index (χ0v) is 15.9. The Kier molecular flexibility index (Phi) is 6.84. The van der Waals surface area contributed by atoms with E-state index in [4.69, 9.17) is 5.11 Å². The highest BCUT2D eigenvalue weighted by Gasteiger charge is 2.12. The molecule has 0 radical (unpaired) electrons. The van der Waals surface area contributed by atoms with Gasteiger partial charge in [0, 0.05) is 12.2 Å². The van der Waals surface area contributed by atoms with E-state index in [1.807, 2.05) is 0 Å². The third-order valence-electron chi connectivity index (χ3n) is 4.72. The molecule has 0 saturated heterocycles. The molecule has 0 atom stereocenters. The maximum atomic E-state index is 8.99. The second-order valence-corrected chi connectivity index (χ2v) is 6.59. The van der Waals surface area contributed by atoms with Gasteiger partial charge in [0.25, 0.3) is 0 Å². The molecule has 0 aliphatic heterocycles. The predicted molar refractivity (Wildman–Crippen MR) is 115 cm³/mol. The van der Waals surface area contributed by atoms with Crippen molar-refractivity contribution in [3.8, 4) is 0 Å². The Balaban J connectivity index is 2.02. The molecule has 0 spiro atoms. The van der Waals surface area contributed by atoms with Crippen LogP contribution in [-0.4, -0.2) is 18.3 Å². The zero-order valence-electron chi connectivity index (χ0n) is 15.9. The van der Waals surface area contributed by atoms with Gasteiger partial charge in [-0.3, -0.25) is 0 Å². The molecule has 0 saturated carbocycles. The van der Waals surface area contributed by atoms with Gasteiger partial charge in [-0.25, -0.2) is 0 Å². The van der Waals surface area contributed by atoms with E-state index < -0.39 is 0 Å². The number of aliphatic hydroxyl groups is 1. The summed E-state index contributed by atoms with van der Waals surface area (Å²) < 4.78 is 0. The number of rotatable bonds is 8. The zero-order chi connectivity index (χ0) is 18.9. The minimum atomic E-state index is 0.133. The van der Waals surface area contributed by atoms with Gasteiger partial charge in [-0.2, -0.15) is 0 Å². The number of aliphatic hydroxyl groups excluding tert-OH is 1. The van der Waals surface area contributed by atoms with Gasteiger partial charge in [0.15, 0.2) is 0 Å². The predicted octanol–water partition coefficient (Wildman–Crippen LogP) is 5.55. The van der Waals surface area contributed by atoms with Crippen LogP contribution in [0, 0.1) is 0 Å². The van der Waals surface area contributed by atoms with Crippen molar-refractivity contribution in [1.29, 1.82) is 0 Å². The third-order valence-corrected chi connectivity index (χ3v) is 4.72. The maximum Gasteiger partial charge on any atom is 0.0604 e. The molecule has 0 amide bonds. The Morgan fingerprint density at radius 1 is 0.778 bits per heavy atom. The first-order valence-corrected chi connectivity index (χ1v) is 9.58. The molecule has 0 bridgehead atoms. The largest absolute Gasteiger partial charge is 0.395 e. The highest BCUT2D eigenvalue weighted by atomic mass is 16.3. The highest BCUT2D eigenvalue weighted by Crippen LogP contribution is 2.31. The lowest BCUT2D eigenvalue weighted by Gasteiger charge is -2.17. The lowest BCUT2D eigenvalue weighted by Crippen LogP contribution is -2.05. The summed E-state index contributed by atoms with van der Waals surface area (Å²) >= 11 is 0. The van der Waals surface area contributed by atoms with Crippen molar-refractivity contribution in [1.82, 2.24) is 0 Å². The second kappa shape index (κ2) is 9.75. The summed E-state index contributed by atoms with van der Waals surface area (Å²) in [7, 11) is 0. The summed E-state index contributed by atoms with van der Waals surface area (Å²) in [5, 5.41) is 12.2. The third kappa shape index (κ3) is 5.08. The Morgan fingerprint density at radius 2 is 1.37 bits per heavy atom.